The second-order valence-corrected chi connectivity index (χ2v) is 13.3. The molecular formula is C20H23BrClN3O2S. The summed E-state index contributed by atoms with van der Waals surface area (Å²) in [5, 5.41) is 1.09. The average molecular weight is 485 g/mol. The number of nitrogens with two attached hydrogens (primary N) is 1. The van der Waals surface area contributed by atoms with Crippen LogP contribution in [0.15, 0.2) is 41.0 Å². The van der Waals surface area contributed by atoms with Crippen LogP contribution in [0.5, 0.6) is 0 Å². The smallest absolute Gasteiger partial charge is 0.195 e. The number of hydrogen-bond donors (Lipinski definition) is 1. The Hall–Kier alpha value is -1.54. The van der Waals surface area contributed by atoms with E-state index in [4.69, 9.17) is 22.1 Å². The zero-order valence-corrected chi connectivity index (χ0v) is 19.2. The third-order valence-electron chi connectivity index (χ3n) is 4.30. The first-order chi connectivity index (χ1) is 13.2. The van der Waals surface area contributed by atoms with Crippen LogP contribution < -0.4 is 5.73 Å². The third kappa shape index (κ3) is 4.71. The van der Waals surface area contributed by atoms with E-state index >= 15 is 0 Å². The van der Waals surface area contributed by atoms with Crippen molar-refractivity contribution in [3.63, 3.8) is 0 Å². The largest absolute Gasteiger partial charge is 0.397 e. The van der Waals surface area contributed by atoms with Crippen LogP contribution in [-0.4, -0.2) is 46.5 Å². The lowest BCUT2D eigenvalue weighted by Gasteiger charge is -2.24. The number of pyridine rings is 1. The Morgan fingerprint density at radius 2 is 1.96 bits per heavy atom. The van der Waals surface area contributed by atoms with Crippen LogP contribution >= 0.6 is 37.6 Å². The van der Waals surface area contributed by atoms with Gasteiger partial charge in [-0.1, -0.05) is 27.5 Å². The minimum absolute atomic E-state index is 0.163. The normalized spacial score (nSPS) is 12.5. The quantitative estimate of drug-likeness (QED) is 0.381. The van der Waals surface area contributed by atoms with Crippen LogP contribution in [0.25, 0.3) is 11.0 Å². The number of carbonyl (C=O) groups excluding carboxylic acids is 1. The van der Waals surface area contributed by atoms with Gasteiger partial charge in [0.15, 0.2) is 5.78 Å². The van der Waals surface area contributed by atoms with E-state index in [-0.39, 0.29) is 12.5 Å². The molecule has 0 bridgehead atoms. The van der Waals surface area contributed by atoms with Crippen LogP contribution in [0.2, 0.25) is 5.15 Å². The van der Waals surface area contributed by atoms with Crippen LogP contribution in [0.4, 0.5) is 5.69 Å². The number of fused-ring (bicyclic) bond motifs is 1. The van der Waals surface area contributed by atoms with Crippen molar-refractivity contribution in [1.29, 1.82) is 0 Å². The maximum absolute atomic E-state index is 13.1. The molecule has 0 aliphatic carbocycles. The monoisotopic (exact) mass is 483 g/mol. The van der Waals surface area contributed by atoms with Crippen LogP contribution in [-0.2, 0) is 11.5 Å². The van der Waals surface area contributed by atoms with Gasteiger partial charge in [0, 0.05) is 21.2 Å². The summed E-state index contributed by atoms with van der Waals surface area (Å²) >= 11 is 9.80. The zero-order chi connectivity index (χ0) is 20.5. The molecule has 3 rings (SSSR count). The first-order valence-electron chi connectivity index (χ1n) is 8.64. The van der Waals surface area contributed by atoms with Crippen LogP contribution in [0.3, 0.4) is 0 Å². The summed E-state index contributed by atoms with van der Waals surface area (Å²) in [6.07, 6.45) is 8.25. The first kappa shape index (κ1) is 21.2. The van der Waals surface area contributed by atoms with E-state index < -0.39 is 10.0 Å². The van der Waals surface area contributed by atoms with Gasteiger partial charge in [0.05, 0.1) is 24.1 Å². The molecule has 0 atom stereocenters. The maximum atomic E-state index is 13.1. The number of halogens is 2. The molecule has 8 heteroatoms. The molecule has 2 N–H and O–H groups in total. The van der Waals surface area contributed by atoms with E-state index in [1.54, 1.807) is 22.8 Å². The second-order valence-electron chi connectivity index (χ2n) is 7.39. The molecule has 2 heterocycles. The van der Waals surface area contributed by atoms with Gasteiger partial charge in [-0.3, -0.25) is 9.36 Å². The summed E-state index contributed by atoms with van der Waals surface area (Å²) in [4.78, 5) is 17.5. The van der Waals surface area contributed by atoms with E-state index in [0.717, 1.165) is 10.2 Å². The minimum atomic E-state index is -0.623. The Bertz CT molecular complexity index is 1010. The highest BCUT2D eigenvalue weighted by molar-refractivity contribution is 9.10. The zero-order valence-electron chi connectivity index (χ0n) is 16.0. The number of rotatable bonds is 7. The molecule has 0 fully saturated rings. The topological polar surface area (TPSA) is 70.1 Å². The van der Waals surface area contributed by atoms with Gasteiger partial charge in [0.1, 0.15) is 17.5 Å². The van der Waals surface area contributed by atoms with Crippen molar-refractivity contribution < 1.29 is 9.53 Å². The van der Waals surface area contributed by atoms with Crippen molar-refractivity contribution in [3.8, 4) is 0 Å². The van der Waals surface area contributed by atoms with Crippen molar-refractivity contribution in [1.82, 2.24) is 9.55 Å². The van der Waals surface area contributed by atoms with Gasteiger partial charge in [-0.25, -0.2) is 15.0 Å². The van der Waals surface area contributed by atoms with Gasteiger partial charge in [0.2, 0.25) is 0 Å². The molecule has 0 spiro atoms. The first-order valence-corrected chi connectivity index (χ1v) is 12.8. The number of nitrogen functional groups attached to an aromatic ring is 1. The number of benzene rings is 1. The number of aromatic nitrogens is 2. The lowest BCUT2D eigenvalue weighted by atomic mass is 10.0. The van der Waals surface area contributed by atoms with E-state index in [0.29, 0.717) is 39.6 Å². The molecule has 0 unspecified atom stereocenters. The van der Waals surface area contributed by atoms with Gasteiger partial charge in [-0.2, -0.15) is 0 Å². The Balaban J connectivity index is 1.93. The molecule has 150 valence electrons. The Morgan fingerprint density at radius 3 is 2.61 bits per heavy atom. The number of ketones is 1. The highest BCUT2D eigenvalue weighted by atomic mass is 79.9. The average Bonchev–Trinajstić information content (AvgIpc) is 2.93. The molecule has 0 saturated carbocycles. The van der Waals surface area contributed by atoms with Crippen LogP contribution in [0, 0.1) is 0 Å². The molecule has 0 aliphatic heterocycles. The number of nitrogens with zero attached hydrogens (tertiary/aromatic N) is 2. The number of carbonyl (C=O) groups is 1. The second kappa shape index (κ2) is 8.45. The van der Waals surface area contributed by atoms with Crippen molar-refractivity contribution in [3.05, 3.63) is 57.3 Å². The maximum Gasteiger partial charge on any atom is 0.195 e. The summed E-state index contributed by atoms with van der Waals surface area (Å²) in [6.45, 7) is 0.926. The Kier molecular flexibility index (Phi) is 6.39. The van der Waals surface area contributed by atoms with Gasteiger partial charge >= 0.3 is 0 Å². The number of anilines is 1. The highest BCUT2D eigenvalue weighted by Crippen LogP contribution is 2.34. The predicted molar refractivity (Wildman–Crippen MR) is 123 cm³/mol. The molecule has 28 heavy (non-hydrogen) atoms. The van der Waals surface area contributed by atoms with Gasteiger partial charge in [-0.05, 0) is 49.1 Å². The predicted octanol–water partition coefficient (Wildman–Crippen LogP) is 4.93. The van der Waals surface area contributed by atoms with Crippen molar-refractivity contribution in [2.24, 2.45) is 0 Å². The van der Waals surface area contributed by atoms with Gasteiger partial charge in [-0.15, -0.1) is 0 Å². The van der Waals surface area contributed by atoms with Gasteiger partial charge < -0.3 is 10.5 Å². The molecule has 2 aromatic heterocycles. The molecule has 0 amide bonds. The van der Waals surface area contributed by atoms with Crippen LogP contribution in [0.1, 0.15) is 15.9 Å². The summed E-state index contributed by atoms with van der Waals surface area (Å²) in [6, 6.07) is 8.89. The number of hydrogen-bond acceptors (Lipinski definition) is 4. The Labute approximate surface area is 179 Å². The fourth-order valence-electron chi connectivity index (χ4n) is 2.77. The summed E-state index contributed by atoms with van der Waals surface area (Å²) in [5.41, 5.74) is 7.98. The van der Waals surface area contributed by atoms with Gasteiger partial charge in [0.25, 0.3) is 0 Å². The summed E-state index contributed by atoms with van der Waals surface area (Å²) < 4.78 is 8.47. The molecule has 5 nitrogen and oxygen atoms in total. The molecule has 1 aromatic carbocycles. The fourth-order valence-corrected chi connectivity index (χ4v) is 3.89. The Morgan fingerprint density at radius 1 is 1.29 bits per heavy atom. The van der Waals surface area contributed by atoms with E-state index in [1.165, 1.54) is 6.20 Å². The number of ether oxygens (including phenoxy) is 1. The minimum Gasteiger partial charge on any atom is -0.397 e. The standard InChI is InChI=1S/C20H23BrClN3O2S/c1-28(2,3)9-8-27-12-25-17(22)10-15-18(16(23)11-24-20(15)25)19(26)13-4-6-14(21)7-5-13/h4-7,10-11H,8-9,12,23H2,1-3H3. The molecule has 3 aromatic rings. The molecular weight excluding hydrogens is 462 g/mol. The van der Waals surface area contributed by atoms with Crippen molar-refractivity contribution >= 4 is 60.1 Å². The molecule has 0 radical (unpaired) electrons. The van der Waals surface area contributed by atoms with E-state index in [9.17, 15) is 4.79 Å². The lowest BCUT2D eigenvalue weighted by Crippen LogP contribution is -2.11. The molecule has 0 aliphatic rings. The third-order valence-corrected chi connectivity index (χ3v) is 6.53. The van der Waals surface area contributed by atoms with E-state index in [1.807, 2.05) is 12.1 Å². The van der Waals surface area contributed by atoms with Crippen molar-refractivity contribution in [2.75, 3.05) is 36.9 Å². The summed E-state index contributed by atoms with van der Waals surface area (Å²) in [7, 11) is -0.623. The highest BCUT2D eigenvalue weighted by Gasteiger charge is 2.20. The SMILES string of the molecule is CS(C)(C)CCOCn1c(Cl)cc2c(C(=O)c3ccc(Br)cc3)c(N)cnc21. The fraction of sp³-hybridized carbons (Fsp3) is 0.300. The lowest BCUT2D eigenvalue weighted by molar-refractivity contribution is 0.0925. The van der Waals surface area contributed by atoms with Crippen molar-refractivity contribution in [2.45, 2.75) is 6.73 Å². The summed E-state index contributed by atoms with van der Waals surface area (Å²) in [5.74, 6) is 0.848. The molecule has 0 saturated heterocycles. The van der Waals surface area contributed by atoms with E-state index in [2.05, 4.69) is 39.7 Å².